The van der Waals surface area contributed by atoms with Crippen molar-refractivity contribution in [2.45, 2.75) is 57.8 Å². The van der Waals surface area contributed by atoms with Crippen LogP contribution in [0.4, 0.5) is 0 Å². The molecule has 8 heteroatoms. The topological polar surface area (TPSA) is 6.48 Å². The molecule has 0 saturated carbocycles. The molecule has 25 heavy (non-hydrogen) atoms. The summed E-state index contributed by atoms with van der Waals surface area (Å²) in [6.07, 6.45) is 11.9. The Labute approximate surface area is 180 Å². The monoisotopic (exact) mass is 454 g/mol. The summed E-state index contributed by atoms with van der Waals surface area (Å²) in [6, 6.07) is 0. The van der Waals surface area contributed by atoms with Gasteiger partial charge < -0.3 is 9.80 Å². The molecule has 0 aromatic rings. The summed E-state index contributed by atoms with van der Waals surface area (Å²) in [7, 11) is 7.45. The highest BCUT2D eigenvalue weighted by atomic mass is 33.1. The first-order chi connectivity index (χ1) is 12.3. The molecule has 0 spiro atoms. The van der Waals surface area contributed by atoms with Crippen LogP contribution in [-0.4, -0.2) is 56.1 Å². The molecule has 0 aromatic carbocycles. The first kappa shape index (κ1) is 22.5. The maximum absolute atomic E-state index is 5.59. The van der Waals surface area contributed by atoms with Crippen molar-refractivity contribution in [3.05, 3.63) is 0 Å². The second-order valence-corrected chi connectivity index (χ2v) is 12.6. The average Bonchev–Trinajstić information content (AvgIpc) is 3.05. The van der Waals surface area contributed by atoms with Crippen LogP contribution in [0.15, 0.2) is 0 Å². The standard InChI is InChI=1S/C17H30N2S6/c20-16(18-10-5-1-2-6-11-18)24-22-14-9-15-23-25-17(21)19-12-7-3-4-8-13-19/h1-15H2. The molecule has 2 aliphatic rings. The van der Waals surface area contributed by atoms with Crippen LogP contribution in [0, 0.1) is 0 Å². The molecular weight excluding hydrogens is 425 g/mol. The van der Waals surface area contributed by atoms with Gasteiger partial charge in [-0.15, -0.1) is 0 Å². The van der Waals surface area contributed by atoms with Crippen molar-refractivity contribution in [3.8, 4) is 0 Å². The lowest BCUT2D eigenvalue weighted by atomic mass is 10.2. The van der Waals surface area contributed by atoms with E-state index in [1.54, 1.807) is 21.6 Å². The van der Waals surface area contributed by atoms with Gasteiger partial charge in [0.2, 0.25) is 0 Å². The van der Waals surface area contributed by atoms with E-state index in [1.165, 1.54) is 69.3 Å². The third-order valence-electron chi connectivity index (χ3n) is 4.44. The van der Waals surface area contributed by atoms with E-state index >= 15 is 0 Å². The van der Waals surface area contributed by atoms with Gasteiger partial charge in [-0.3, -0.25) is 0 Å². The lowest BCUT2D eigenvalue weighted by Crippen LogP contribution is -2.27. The summed E-state index contributed by atoms with van der Waals surface area (Å²) in [5, 5.41) is 0. The first-order valence-corrected chi connectivity index (χ1v) is 14.9. The number of likely N-dealkylation sites (tertiary alicyclic amines) is 2. The third-order valence-corrected chi connectivity index (χ3v) is 10.7. The van der Waals surface area contributed by atoms with Crippen molar-refractivity contribution < 1.29 is 0 Å². The summed E-state index contributed by atoms with van der Waals surface area (Å²) in [6.45, 7) is 4.64. The van der Waals surface area contributed by atoms with Gasteiger partial charge >= 0.3 is 0 Å². The molecule has 0 aliphatic carbocycles. The van der Waals surface area contributed by atoms with E-state index in [4.69, 9.17) is 24.4 Å². The molecule has 2 nitrogen and oxygen atoms in total. The number of nitrogens with zero attached hydrogens (tertiary/aromatic N) is 2. The Morgan fingerprint density at radius 3 is 1.32 bits per heavy atom. The highest BCUT2D eigenvalue weighted by molar-refractivity contribution is 8.84. The molecule has 144 valence electrons. The van der Waals surface area contributed by atoms with Gasteiger partial charge in [0.15, 0.2) is 0 Å². The molecule has 2 saturated heterocycles. The van der Waals surface area contributed by atoms with E-state index in [-0.39, 0.29) is 0 Å². The summed E-state index contributed by atoms with van der Waals surface area (Å²) in [5.74, 6) is 2.34. The second kappa shape index (κ2) is 14.2. The predicted octanol–water partition coefficient (Wildman–Crippen LogP) is 6.46. The largest absolute Gasteiger partial charge is 0.357 e. The van der Waals surface area contributed by atoms with E-state index < -0.39 is 0 Å². The van der Waals surface area contributed by atoms with Crippen molar-refractivity contribution in [1.82, 2.24) is 9.80 Å². The minimum atomic E-state index is 1.09. The van der Waals surface area contributed by atoms with Crippen LogP contribution < -0.4 is 0 Å². The summed E-state index contributed by atoms with van der Waals surface area (Å²) < 4.78 is 2.19. The van der Waals surface area contributed by atoms with Crippen LogP contribution in [0.1, 0.15) is 57.8 Å². The SMILES string of the molecule is S=C(SSCCCSSC(=S)N1CCCCCC1)N1CCCCCC1. The second-order valence-electron chi connectivity index (χ2n) is 6.50. The first-order valence-electron chi connectivity index (χ1n) is 9.44. The van der Waals surface area contributed by atoms with E-state index in [0.29, 0.717) is 0 Å². The van der Waals surface area contributed by atoms with Crippen LogP contribution in [0.25, 0.3) is 0 Å². The Morgan fingerprint density at radius 2 is 0.960 bits per heavy atom. The molecule has 0 amide bonds. The molecule has 2 fully saturated rings. The lowest BCUT2D eigenvalue weighted by molar-refractivity contribution is 0.450. The number of thiocarbonyl (C=S) groups is 2. The van der Waals surface area contributed by atoms with E-state index in [0.717, 1.165) is 34.8 Å². The van der Waals surface area contributed by atoms with Gasteiger partial charge in [-0.25, -0.2) is 0 Å². The minimum Gasteiger partial charge on any atom is -0.357 e. The lowest BCUT2D eigenvalue weighted by Gasteiger charge is -2.22. The number of hydrogen-bond acceptors (Lipinski definition) is 6. The van der Waals surface area contributed by atoms with Crippen LogP contribution in [0.5, 0.6) is 0 Å². The summed E-state index contributed by atoms with van der Waals surface area (Å²) in [5.41, 5.74) is 0. The number of hydrogen-bond donors (Lipinski definition) is 0. The van der Waals surface area contributed by atoms with Gasteiger partial charge in [0.25, 0.3) is 0 Å². The van der Waals surface area contributed by atoms with E-state index in [2.05, 4.69) is 9.80 Å². The fraction of sp³-hybridized carbons (Fsp3) is 0.882. The molecular formula is C17H30N2S6. The molecule has 0 bridgehead atoms. The molecule has 0 unspecified atom stereocenters. The smallest absolute Gasteiger partial charge is 0.147 e. The minimum absolute atomic E-state index is 1.09. The maximum atomic E-state index is 5.59. The Hall–Kier alpha value is 1.18. The molecule has 2 aliphatic heterocycles. The quantitative estimate of drug-likeness (QED) is 0.253. The van der Waals surface area contributed by atoms with Crippen molar-refractivity contribution in [1.29, 1.82) is 0 Å². The van der Waals surface area contributed by atoms with Crippen molar-refractivity contribution >= 4 is 76.3 Å². The van der Waals surface area contributed by atoms with E-state index in [1.807, 2.05) is 21.6 Å². The number of rotatable bonds is 6. The Balaban J connectivity index is 1.46. The van der Waals surface area contributed by atoms with Gasteiger partial charge in [0.05, 0.1) is 0 Å². The molecule has 2 heterocycles. The molecule has 2 rings (SSSR count). The van der Waals surface area contributed by atoms with Gasteiger partial charge in [0, 0.05) is 37.7 Å². The van der Waals surface area contributed by atoms with Gasteiger partial charge in [-0.1, -0.05) is 71.7 Å². The fourth-order valence-corrected chi connectivity index (χ4v) is 8.30. The average molecular weight is 455 g/mol. The molecule has 0 aromatic heterocycles. The molecule has 0 atom stereocenters. The normalized spacial score (nSPS) is 19.4. The summed E-state index contributed by atoms with van der Waals surface area (Å²) in [4.78, 5) is 4.81. The fourth-order valence-electron chi connectivity index (χ4n) is 2.97. The van der Waals surface area contributed by atoms with Crippen molar-refractivity contribution in [2.24, 2.45) is 0 Å². The van der Waals surface area contributed by atoms with Gasteiger partial charge in [-0.05, 0) is 53.7 Å². The third kappa shape index (κ3) is 9.79. The van der Waals surface area contributed by atoms with Crippen LogP contribution in [0.2, 0.25) is 0 Å². The van der Waals surface area contributed by atoms with Crippen LogP contribution in [0.3, 0.4) is 0 Å². The van der Waals surface area contributed by atoms with Crippen LogP contribution >= 0.6 is 67.6 Å². The van der Waals surface area contributed by atoms with E-state index in [9.17, 15) is 0 Å². The van der Waals surface area contributed by atoms with Crippen molar-refractivity contribution in [2.75, 3.05) is 37.7 Å². The zero-order valence-corrected chi connectivity index (χ0v) is 19.8. The highest BCUT2D eigenvalue weighted by Gasteiger charge is 2.14. The zero-order chi connectivity index (χ0) is 17.7. The highest BCUT2D eigenvalue weighted by Crippen LogP contribution is 2.30. The van der Waals surface area contributed by atoms with Gasteiger partial charge in [-0.2, -0.15) is 0 Å². The molecule has 0 radical (unpaired) electrons. The van der Waals surface area contributed by atoms with Gasteiger partial charge in [0.1, 0.15) is 8.64 Å². The Bertz CT molecular complexity index is 355. The van der Waals surface area contributed by atoms with Crippen molar-refractivity contribution in [3.63, 3.8) is 0 Å². The molecule has 0 N–H and O–H groups in total. The van der Waals surface area contributed by atoms with Crippen LogP contribution in [-0.2, 0) is 0 Å². The summed E-state index contributed by atoms with van der Waals surface area (Å²) >= 11 is 11.2. The zero-order valence-electron chi connectivity index (χ0n) is 15.0. The maximum Gasteiger partial charge on any atom is 0.147 e. The Morgan fingerprint density at radius 1 is 0.600 bits per heavy atom. The Kier molecular flexibility index (Phi) is 12.8. The predicted molar refractivity (Wildman–Crippen MR) is 130 cm³/mol.